The van der Waals surface area contributed by atoms with Crippen molar-refractivity contribution in [2.75, 3.05) is 6.54 Å². The van der Waals surface area contributed by atoms with E-state index in [1.54, 1.807) is 18.2 Å². The lowest BCUT2D eigenvalue weighted by Gasteiger charge is -2.40. The molecule has 2 fully saturated rings. The third kappa shape index (κ3) is 2.58. The third-order valence-corrected chi connectivity index (χ3v) is 6.75. The standard InChI is InChI=1S/C13H25NO3S/c1-10(2)18(16,17)14-9-4-3-7-12(14)11-6-5-8-13(11)15/h10-13,15H,3-9H2,1-2H3. The Morgan fingerprint density at radius 3 is 2.39 bits per heavy atom. The summed E-state index contributed by atoms with van der Waals surface area (Å²) in [6, 6.07) is 0.0312. The van der Waals surface area contributed by atoms with Gasteiger partial charge in [-0.05, 0) is 39.5 Å². The molecule has 0 spiro atoms. The first-order valence-electron chi connectivity index (χ1n) is 7.13. The molecule has 1 heterocycles. The van der Waals surface area contributed by atoms with E-state index < -0.39 is 10.0 Å². The van der Waals surface area contributed by atoms with Gasteiger partial charge in [0, 0.05) is 18.5 Å². The maximum atomic E-state index is 12.4. The summed E-state index contributed by atoms with van der Waals surface area (Å²) in [4.78, 5) is 0. The molecule has 0 amide bonds. The van der Waals surface area contributed by atoms with Gasteiger partial charge in [0.25, 0.3) is 0 Å². The summed E-state index contributed by atoms with van der Waals surface area (Å²) >= 11 is 0. The molecule has 0 bridgehead atoms. The first-order chi connectivity index (χ1) is 8.44. The molecular weight excluding hydrogens is 250 g/mol. The predicted molar refractivity (Wildman–Crippen MR) is 71.7 cm³/mol. The third-order valence-electron chi connectivity index (χ3n) is 4.45. The van der Waals surface area contributed by atoms with Crippen molar-refractivity contribution in [2.45, 2.75) is 69.8 Å². The predicted octanol–water partition coefficient (Wildman–Crippen LogP) is 1.74. The van der Waals surface area contributed by atoms with Crippen molar-refractivity contribution in [1.29, 1.82) is 0 Å². The Labute approximate surface area is 110 Å². The smallest absolute Gasteiger partial charge is 0.216 e. The molecule has 106 valence electrons. The molecule has 18 heavy (non-hydrogen) atoms. The van der Waals surface area contributed by atoms with Crippen LogP contribution in [0.4, 0.5) is 0 Å². The minimum atomic E-state index is -3.19. The van der Waals surface area contributed by atoms with Crippen LogP contribution in [0.2, 0.25) is 0 Å². The number of piperidine rings is 1. The Balaban J connectivity index is 2.21. The van der Waals surface area contributed by atoms with Crippen LogP contribution in [0.15, 0.2) is 0 Å². The van der Waals surface area contributed by atoms with Crippen molar-refractivity contribution in [3.63, 3.8) is 0 Å². The van der Waals surface area contributed by atoms with Gasteiger partial charge in [-0.2, -0.15) is 4.31 Å². The highest BCUT2D eigenvalue weighted by molar-refractivity contribution is 7.89. The van der Waals surface area contributed by atoms with E-state index in [0.29, 0.717) is 6.54 Å². The summed E-state index contributed by atoms with van der Waals surface area (Å²) in [5.41, 5.74) is 0. The zero-order valence-electron chi connectivity index (χ0n) is 11.4. The lowest BCUT2D eigenvalue weighted by molar-refractivity contribution is 0.0720. The highest BCUT2D eigenvalue weighted by Gasteiger charge is 2.42. The van der Waals surface area contributed by atoms with Crippen molar-refractivity contribution in [2.24, 2.45) is 5.92 Å². The second-order valence-electron chi connectivity index (χ2n) is 5.93. The monoisotopic (exact) mass is 275 g/mol. The Hall–Kier alpha value is -0.130. The zero-order valence-corrected chi connectivity index (χ0v) is 12.2. The lowest BCUT2D eigenvalue weighted by atomic mass is 9.89. The van der Waals surface area contributed by atoms with Gasteiger partial charge in [-0.25, -0.2) is 8.42 Å². The highest BCUT2D eigenvalue weighted by Crippen LogP contribution is 2.36. The molecule has 1 saturated carbocycles. The summed E-state index contributed by atoms with van der Waals surface area (Å²) in [7, 11) is -3.19. The van der Waals surface area contributed by atoms with Gasteiger partial charge in [0.15, 0.2) is 0 Å². The Bertz CT molecular complexity index is 380. The summed E-state index contributed by atoms with van der Waals surface area (Å²) in [6.07, 6.45) is 5.46. The van der Waals surface area contributed by atoms with E-state index in [4.69, 9.17) is 0 Å². The molecule has 0 radical (unpaired) electrons. The molecule has 1 aliphatic heterocycles. The van der Waals surface area contributed by atoms with Crippen LogP contribution in [0, 0.1) is 5.92 Å². The molecular formula is C13H25NO3S. The Kier molecular flexibility index (Phi) is 4.34. The van der Waals surface area contributed by atoms with E-state index in [0.717, 1.165) is 38.5 Å². The summed E-state index contributed by atoms with van der Waals surface area (Å²) in [5, 5.41) is 9.68. The summed E-state index contributed by atoms with van der Waals surface area (Å²) in [6.45, 7) is 4.12. The van der Waals surface area contributed by atoms with Crippen LogP contribution in [0.25, 0.3) is 0 Å². The largest absolute Gasteiger partial charge is 0.393 e. The minimum absolute atomic E-state index is 0.0312. The SMILES string of the molecule is CC(C)S(=O)(=O)N1CCCCC1C1CCCC1O. The van der Waals surface area contributed by atoms with Crippen molar-refractivity contribution >= 4 is 10.0 Å². The van der Waals surface area contributed by atoms with Gasteiger partial charge < -0.3 is 5.11 Å². The Morgan fingerprint density at radius 2 is 1.83 bits per heavy atom. The fraction of sp³-hybridized carbons (Fsp3) is 1.00. The van der Waals surface area contributed by atoms with Crippen LogP contribution in [-0.2, 0) is 10.0 Å². The van der Waals surface area contributed by atoms with Crippen LogP contribution in [0.3, 0.4) is 0 Å². The summed E-state index contributed by atoms with van der Waals surface area (Å²) in [5.74, 6) is 0.152. The van der Waals surface area contributed by atoms with E-state index in [1.165, 1.54) is 0 Å². The van der Waals surface area contributed by atoms with Crippen LogP contribution >= 0.6 is 0 Å². The first kappa shape index (κ1) is 14.3. The van der Waals surface area contributed by atoms with Crippen LogP contribution < -0.4 is 0 Å². The molecule has 1 saturated heterocycles. The molecule has 0 aromatic rings. The van der Waals surface area contributed by atoms with Crippen LogP contribution in [0.5, 0.6) is 0 Å². The number of aliphatic hydroxyl groups is 1. The van der Waals surface area contributed by atoms with Gasteiger partial charge in [0.05, 0.1) is 11.4 Å². The highest BCUT2D eigenvalue weighted by atomic mass is 32.2. The van der Waals surface area contributed by atoms with E-state index in [9.17, 15) is 13.5 Å². The topological polar surface area (TPSA) is 57.6 Å². The average molecular weight is 275 g/mol. The molecule has 3 unspecified atom stereocenters. The van der Waals surface area contributed by atoms with Gasteiger partial charge >= 0.3 is 0 Å². The molecule has 0 aromatic heterocycles. The number of hydrogen-bond donors (Lipinski definition) is 1. The molecule has 0 aromatic carbocycles. The number of rotatable bonds is 3. The number of nitrogens with zero attached hydrogens (tertiary/aromatic N) is 1. The fourth-order valence-corrected chi connectivity index (χ4v) is 4.93. The van der Waals surface area contributed by atoms with Crippen LogP contribution in [0.1, 0.15) is 52.4 Å². The van der Waals surface area contributed by atoms with E-state index in [1.807, 2.05) is 0 Å². The van der Waals surface area contributed by atoms with Gasteiger partial charge in [0.1, 0.15) is 0 Å². The van der Waals surface area contributed by atoms with Gasteiger partial charge in [0.2, 0.25) is 10.0 Å². The first-order valence-corrected chi connectivity index (χ1v) is 8.63. The molecule has 1 N–H and O–H groups in total. The van der Waals surface area contributed by atoms with Crippen LogP contribution in [-0.4, -0.2) is 41.8 Å². The van der Waals surface area contributed by atoms with Gasteiger partial charge in [-0.3, -0.25) is 0 Å². The molecule has 2 rings (SSSR count). The molecule has 4 nitrogen and oxygen atoms in total. The van der Waals surface area contributed by atoms with E-state index in [-0.39, 0.29) is 23.3 Å². The maximum absolute atomic E-state index is 12.4. The fourth-order valence-electron chi connectivity index (χ4n) is 3.36. The quantitative estimate of drug-likeness (QED) is 0.853. The number of sulfonamides is 1. The van der Waals surface area contributed by atoms with Crippen molar-refractivity contribution in [1.82, 2.24) is 4.31 Å². The second kappa shape index (κ2) is 5.47. The van der Waals surface area contributed by atoms with Crippen molar-refractivity contribution in [3.05, 3.63) is 0 Å². The number of aliphatic hydroxyl groups excluding tert-OH is 1. The maximum Gasteiger partial charge on any atom is 0.216 e. The normalized spacial score (nSPS) is 35.2. The molecule has 1 aliphatic carbocycles. The Morgan fingerprint density at radius 1 is 1.11 bits per heavy atom. The zero-order chi connectivity index (χ0) is 13.3. The lowest BCUT2D eigenvalue weighted by Crippen LogP contribution is -2.51. The molecule has 3 atom stereocenters. The number of hydrogen-bond acceptors (Lipinski definition) is 3. The van der Waals surface area contributed by atoms with Crippen molar-refractivity contribution < 1.29 is 13.5 Å². The minimum Gasteiger partial charge on any atom is -0.393 e. The van der Waals surface area contributed by atoms with Gasteiger partial charge in [-0.15, -0.1) is 0 Å². The second-order valence-corrected chi connectivity index (χ2v) is 8.37. The molecule has 5 heteroatoms. The van der Waals surface area contributed by atoms with Gasteiger partial charge in [-0.1, -0.05) is 12.8 Å². The molecule has 2 aliphatic rings. The van der Waals surface area contributed by atoms with E-state index in [2.05, 4.69) is 0 Å². The van der Waals surface area contributed by atoms with E-state index >= 15 is 0 Å². The summed E-state index contributed by atoms with van der Waals surface area (Å²) < 4.78 is 26.5. The average Bonchev–Trinajstić information content (AvgIpc) is 2.75. The van der Waals surface area contributed by atoms with Crippen molar-refractivity contribution in [3.8, 4) is 0 Å².